The molecule has 4 bridgehead atoms. The highest BCUT2D eigenvalue weighted by molar-refractivity contribution is 5.76. The van der Waals surface area contributed by atoms with Gasteiger partial charge in [0, 0.05) is 26.4 Å². The Balaban J connectivity index is 1.53. The summed E-state index contributed by atoms with van der Waals surface area (Å²) in [5, 5.41) is 8.65. The summed E-state index contributed by atoms with van der Waals surface area (Å²) in [6, 6.07) is 0. The Hall–Kier alpha value is -1.06. The van der Waals surface area contributed by atoms with E-state index in [2.05, 4.69) is 0 Å². The van der Waals surface area contributed by atoms with E-state index in [0.717, 1.165) is 24.3 Å². The van der Waals surface area contributed by atoms with Crippen LogP contribution in [0.25, 0.3) is 0 Å². The highest BCUT2D eigenvalue weighted by Crippen LogP contribution is 2.60. The zero-order valence-electron chi connectivity index (χ0n) is 13.0. The molecule has 0 aromatic carbocycles. The number of carbonyl (C=O) groups excluding carboxylic acids is 1. The molecular formula is C17H27NO3. The molecule has 21 heavy (non-hydrogen) atoms. The number of amides is 1. The number of hydrogen-bond acceptors (Lipinski definition) is 2. The van der Waals surface area contributed by atoms with Gasteiger partial charge in [0.15, 0.2) is 0 Å². The fourth-order valence-corrected chi connectivity index (χ4v) is 5.66. The van der Waals surface area contributed by atoms with Gasteiger partial charge in [-0.3, -0.25) is 9.59 Å². The first-order chi connectivity index (χ1) is 9.96. The average molecular weight is 293 g/mol. The largest absolute Gasteiger partial charge is 0.481 e. The molecule has 1 amide bonds. The van der Waals surface area contributed by atoms with Crippen molar-refractivity contribution in [1.29, 1.82) is 0 Å². The van der Waals surface area contributed by atoms with Crippen LogP contribution in [-0.4, -0.2) is 35.5 Å². The highest BCUT2D eigenvalue weighted by atomic mass is 16.4. The van der Waals surface area contributed by atoms with Crippen molar-refractivity contribution in [3.63, 3.8) is 0 Å². The summed E-state index contributed by atoms with van der Waals surface area (Å²) in [5.74, 6) is 2.03. The Bertz CT molecular complexity index is 396. The molecule has 4 heteroatoms. The van der Waals surface area contributed by atoms with Crippen molar-refractivity contribution in [2.24, 2.45) is 23.2 Å². The molecule has 4 aliphatic carbocycles. The number of nitrogens with zero attached hydrogens (tertiary/aromatic N) is 1. The zero-order chi connectivity index (χ0) is 15.0. The molecule has 0 radical (unpaired) electrons. The highest BCUT2D eigenvalue weighted by Gasteiger charge is 2.51. The molecule has 0 aliphatic heterocycles. The van der Waals surface area contributed by atoms with Gasteiger partial charge in [-0.2, -0.15) is 0 Å². The minimum Gasteiger partial charge on any atom is -0.481 e. The van der Waals surface area contributed by atoms with Crippen molar-refractivity contribution < 1.29 is 14.7 Å². The normalized spacial score (nSPS) is 36.7. The maximum Gasteiger partial charge on any atom is 0.303 e. The number of hydrogen-bond donors (Lipinski definition) is 1. The lowest BCUT2D eigenvalue weighted by molar-refractivity contribution is -0.138. The number of aliphatic carboxylic acids is 1. The first kappa shape index (κ1) is 14.9. The van der Waals surface area contributed by atoms with Crippen LogP contribution >= 0.6 is 0 Å². The van der Waals surface area contributed by atoms with Crippen LogP contribution in [0, 0.1) is 23.2 Å². The van der Waals surface area contributed by atoms with E-state index < -0.39 is 5.97 Å². The second-order valence-electron chi connectivity index (χ2n) is 7.91. The summed E-state index contributed by atoms with van der Waals surface area (Å²) in [7, 11) is 1.90. The molecule has 0 aromatic heterocycles. The number of rotatable bonds is 6. The number of carboxylic acid groups (broad SMARTS) is 1. The van der Waals surface area contributed by atoms with Gasteiger partial charge in [0.25, 0.3) is 0 Å². The summed E-state index contributed by atoms with van der Waals surface area (Å²) in [6.07, 6.45) is 9.13. The van der Waals surface area contributed by atoms with Gasteiger partial charge in [0.2, 0.25) is 5.91 Å². The van der Waals surface area contributed by atoms with Gasteiger partial charge < -0.3 is 10.0 Å². The summed E-state index contributed by atoms with van der Waals surface area (Å²) in [6.45, 7) is 0.891. The Kier molecular flexibility index (Phi) is 3.98. The third kappa shape index (κ3) is 3.24. The molecule has 0 atom stereocenters. The molecule has 0 saturated heterocycles. The van der Waals surface area contributed by atoms with Crippen LogP contribution in [0.2, 0.25) is 0 Å². The lowest BCUT2D eigenvalue weighted by Gasteiger charge is -2.57. The van der Waals surface area contributed by atoms with E-state index >= 15 is 0 Å². The maximum absolute atomic E-state index is 12.2. The van der Waals surface area contributed by atoms with Crippen LogP contribution in [-0.2, 0) is 9.59 Å². The van der Waals surface area contributed by atoms with E-state index in [1.54, 1.807) is 0 Å². The minimum absolute atomic E-state index is 0.0942. The van der Waals surface area contributed by atoms with Crippen LogP contribution in [0.5, 0.6) is 0 Å². The Morgan fingerprint density at radius 1 is 1.05 bits per heavy atom. The van der Waals surface area contributed by atoms with E-state index in [1.165, 1.54) is 38.5 Å². The molecule has 118 valence electrons. The third-order valence-corrected chi connectivity index (χ3v) is 5.94. The van der Waals surface area contributed by atoms with E-state index in [-0.39, 0.29) is 12.3 Å². The summed E-state index contributed by atoms with van der Waals surface area (Å²) < 4.78 is 0. The fourth-order valence-electron chi connectivity index (χ4n) is 5.66. The second-order valence-corrected chi connectivity index (χ2v) is 7.91. The predicted molar refractivity (Wildman–Crippen MR) is 79.7 cm³/mol. The van der Waals surface area contributed by atoms with Crippen LogP contribution in [0.4, 0.5) is 0 Å². The lowest BCUT2D eigenvalue weighted by Crippen LogP contribution is -2.51. The predicted octanol–water partition coefficient (Wildman–Crippen LogP) is 2.92. The first-order valence-corrected chi connectivity index (χ1v) is 8.41. The molecule has 4 rings (SSSR count). The quantitative estimate of drug-likeness (QED) is 0.819. The SMILES string of the molecule is CN(CC12CC3CC(CC(C3)C1)C2)C(=O)CCCC(=O)O. The van der Waals surface area contributed by atoms with E-state index in [0.29, 0.717) is 18.3 Å². The third-order valence-electron chi connectivity index (χ3n) is 5.94. The van der Waals surface area contributed by atoms with Crippen LogP contribution in [0.3, 0.4) is 0 Å². The number of carboxylic acids is 1. The smallest absolute Gasteiger partial charge is 0.303 e. The van der Waals surface area contributed by atoms with Crippen molar-refractivity contribution in [2.45, 2.75) is 57.8 Å². The second kappa shape index (κ2) is 5.62. The molecule has 1 N–H and O–H groups in total. The minimum atomic E-state index is -0.813. The Morgan fingerprint density at radius 3 is 2.05 bits per heavy atom. The van der Waals surface area contributed by atoms with Crippen molar-refractivity contribution in [3.05, 3.63) is 0 Å². The molecule has 0 spiro atoms. The number of carbonyl (C=O) groups is 2. The van der Waals surface area contributed by atoms with Crippen molar-refractivity contribution in [2.75, 3.05) is 13.6 Å². The lowest BCUT2D eigenvalue weighted by atomic mass is 9.49. The molecule has 0 unspecified atom stereocenters. The molecule has 0 heterocycles. The molecule has 4 nitrogen and oxygen atoms in total. The fraction of sp³-hybridized carbons (Fsp3) is 0.882. The summed E-state index contributed by atoms with van der Waals surface area (Å²) >= 11 is 0. The molecule has 4 aliphatic rings. The molecule has 0 aromatic rings. The first-order valence-electron chi connectivity index (χ1n) is 8.41. The molecule has 4 saturated carbocycles. The van der Waals surface area contributed by atoms with Crippen LogP contribution in [0.1, 0.15) is 57.8 Å². The standard InChI is InChI=1S/C17H27NO3/c1-18(15(19)3-2-4-16(20)21)11-17-8-12-5-13(9-17)7-14(6-12)10-17/h12-14H,2-11H2,1H3,(H,20,21). The van der Waals surface area contributed by atoms with Crippen LogP contribution < -0.4 is 0 Å². The molecular weight excluding hydrogens is 266 g/mol. The van der Waals surface area contributed by atoms with Crippen molar-refractivity contribution in [3.8, 4) is 0 Å². The Labute approximate surface area is 126 Å². The average Bonchev–Trinajstić information content (AvgIpc) is 2.35. The van der Waals surface area contributed by atoms with E-state index in [4.69, 9.17) is 5.11 Å². The van der Waals surface area contributed by atoms with E-state index in [9.17, 15) is 9.59 Å². The van der Waals surface area contributed by atoms with Crippen molar-refractivity contribution in [1.82, 2.24) is 4.90 Å². The zero-order valence-corrected chi connectivity index (χ0v) is 13.0. The maximum atomic E-state index is 12.2. The monoisotopic (exact) mass is 293 g/mol. The Morgan fingerprint density at radius 2 is 1.57 bits per heavy atom. The van der Waals surface area contributed by atoms with Gasteiger partial charge in [-0.15, -0.1) is 0 Å². The summed E-state index contributed by atoms with van der Waals surface area (Å²) in [5.41, 5.74) is 0.381. The van der Waals surface area contributed by atoms with Gasteiger partial charge in [-0.1, -0.05) is 0 Å². The van der Waals surface area contributed by atoms with Crippen LogP contribution in [0.15, 0.2) is 0 Å². The van der Waals surface area contributed by atoms with Crippen molar-refractivity contribution >= 4 is 11.9 Å². The topological polar surface area (TPSA) is 57.6 Å². The van der Waals surface area contributed by atoms with E-state index in [1.807, 2.05) is 11.9 Å². The van der Waals surface area contributed by atoms with Gasteiger partial charge in [0.05, 0.1) is 0 Å². The van der Waals surface area contributed by atoms with Gasteiger partial charge in [-0.05, 0) is 68.1 Å². The van der Waals surface area contributed by atoms with Gasteiger partial charge >= 0.3 is 5.97 Å². The van der Waals surface area contributed by atoms with Gasteiger partial charge in [-0.25, -0.2) is 0 Å². The van der Waals surface area contributed by atoms with Gasteiger partial charge in [0.1, 0.15) is 0 Å². The molecule has 4 fully saturated rings. The summed E-state index contributed by atoms with van der Waals surface area (Å²) in [4.78, 5) is 24.6.